The number of nitrogens with two attached hydrogens (primary N) is 1. The monoisotopic (exact) mass is 443 g/mol. The third kappa shape index (κ3) is 4.12. The molecular weight excluding hydrogens is 410 g/mol. The average molecular weight is 444 g/mol. The molecule has 2 aromatic rings. The lowest BCUT2D eigenvalue weighted by Gasteiger charge is -2.39. The highest BCUT2D eigenvalue weighted by molar-refractivity contribution is 7.89. The van der Waals surface area contributed by atoms with Gasteiger partial charge in [0.1, 0.15) is 11.9 Å². The van der Waals surface area contributed by atoms with Gasteiger partial charge in [0.15, 0.2) is 0 Å². The summed E-state index contributed by atoms with van der Waals surface area (Å²) in [5, 5.41) is 1.94. The number of piperidine rings is 1. The lowest BCUT2D eigenvalue weighted by molar-refractivity contribution is 0.0920. The summed E-state index contributed by atoms with van der Waals surface area (Å²) in [6.07, 6.45) is 3.59. The van der Waals surface area contributed by atoms with Crippen molar-refractivity contribution < 1.29 is 13.2 Å². The van der Waals surface area contributed by atoms with Crippen molar-refractivity contribution in [2.45, 2.75) is 56.6 Å². The smallest absolute Gasteiger partial charge is 0.242 e. The molecule has 0 aromatic heterocycles. The number of fused-ring (bicyclic) bond motifs is 1. The van der Waals surface area contributed by atoms with Crippen molar-refractivity contribution >= 4 is 10.0 Å². The zero-order chi connectivity index (χ0) is 22.3. The predicted molar refractivity (Wildman–Crippen MR) is 122 cm³/mol. The molecule has 0 amide bonds. The molecule has 4 rings (SSSR count). The minimum Gasteiger partial charge on any atom is -0.490 e. The number of rotatable bonds is 5. The van der Waals surface area contributed by atoms with E-state index in [9.17, 15) is 8.42 Å². The Morgan fingerprint density at radius 2 is 1.94 bits per heavy atom. The average Bonchev–Trinajstić information content (AvgIpc) is 3.13. The molecule has 2 aliphatic rings. The zero-order valence-electron chi connectivity index (χ0n) is 18.8. The first kappa shape index (κ1) is 22.3. The summed E-state index contributed by atoms with van der Waals surface area (Å²) in [6, 6.07) is 12.3. The van der Waals surface area contributed by atoms with Gasteiger partial charge in [-0.05, 0) is 61.8 Å². The van der Waals surface area contributed by atoms with Gasteiger partial charge in [0.2, 0.25) is 10.0 Å². The van der Waals surface area contributed by atoms with Crippen LogP contribution in [0.1, 0.15) is 48.1 Å². The van der Waals surface area contributed by atoms with E-state index in [-0.39, 0.29) is 18.1 Å². The summed E-state index contributed by atoms with van der Waals surface area (Å²) in [7, 11) is -0.378. The topological polar surface area (TPSA) is 75.9 Å². The molecule has 6 nitrogen and oxygen atoms in total. The molecule has 168 valence electrons. The Bertz CT molecular complexity index is 1050. The molecule has 7 heteroatoms. The van der Waals surface area contributed by atoms with Crippen molar-refractivity contribution in [2.75, 3.05) is 20.6 Å². The Balaban J connectivity index is 1.78. The number of benzene rings is 2. The number of hydrogen-bond acceptors (Lipinski definition) is 5. The molecule has 1 saturated heterocycles. The van der Waals surface area contributed by atoms with E-state index in [2.05, 4.69) is 12.1 Å². The highest BCUT2D eigenvalue weighted by atomic mass is 32.2. The minimum absolute atomic E-state index is 0.0482. The van der Waals surface area contributed by atoms with Gasteiger partial charge in [-0.3, -0.25) is 5.84 Å². The Kier molecular flexibility index (Phi) is 6.14. The first-order chi connectivity index (χ1) is 14.7. The molecule has 2 heterocycles. The number of hydrogen-bond donors (Lipinski definition) is 1. The molecular formula is C24H33N3O3S. The van der Waals surface area contributed by atoms with Crippen molar-refractivity contribution in [1.29, 1.82) is 0 Å². The molecule has 1 unspecified atom stereocenters. The fourth-order valence-electron chi connectivity index (χ4n) is 5.10. The quantitative estimate of drug-likeness (QED) is 0.717. The molecule has 0 spiro atoms. The van der Waals surface area contributed by atoms with Crippen LogP contribution in [0, 0.1) is 12.8 Å². The van der Waals surface area contributed by atoms with E-state index in [1.165, 1.54) is 9.87 Å². The molecule has 0 bridgehead atoms. The Hall–Kier alpha value is -1.93. The molecule has 2 aromatic carbocycles. The summed E-state index contributed by atoms with van der Waals surface area (Å²) in [5.41, 5.74) is 4.02. The van der Waals surface area contributed by atoms with Gasteiger partial charge in [-0.25, -0.2) is 17.7 Å². The molecule has 0 aliphatic carbocycles. The lowest BCUT2D eigenvalue weighted by atomic mass is 9.81. The Labute approximate surface area is 186 Å². The molecule has 2 aliphatic heterocycles. The fraction of sp³-hybridized carbons (Fsp3) is 0.500. The van der Waals surface area contributed by atoms with E-state index < -0.39 is 10.0 Å². The summed E-state index contributed by atoms with van der Waals surface area (Å²) in [5.74, 6) is 7.61. The maximum Gasteiger partial charge on any atom is 0.242 e. The standard InChI is InChI=1S/C24H33N3O3S/c1-16-13-21-17(2)22(31(28,29)26(3)4)15-20(24(21)30-16)14-19-11-8-12-27(25)23(19)18-9-6-5-7-10-18/h5-7,9-10,15-16,19,23H,8,11-14,25H2,1-4H3/t16?,19-,23+/m0/s1. The molecule has 31 heavy (non-hydrogen) atoms. The van der Waals surface area contributed by atoms with Crippen molar-refractivity contribution in [1.82, 2.24) is 9.31 Å². The SMILES string of the molecule is Cc1c(S(=O)(=O)N(C)C)cc(C[C@@H]2CCCN(N)[C@@H]2c2ccccc2)c2c1CC(C)O2. The maximum absolute atomic E-state index is 13.1. The van der Waals surface area contributed by atoms with Crippen molar-refractivity contribution in [3.63, 3.8) is 0 Å². The summed E-state index contributed by atoms with van der Waals surface area (Å²) in [6.45, 7) is 4.80. The van der Waals surface area contributed by atoms with Gasteiger partial charge in [-0.2, -0.15) is 0 Å². The summed E-state index contributed by atoms with van der Waals surface area (Å²) < 4.78 is 33.6. The van der Waals surface area contributed by atoms with Crippen LogP contribution in [0.5, 0.6) is 5.75 Å². The summed E-state index contributed by atoms with van der Waals surface area (Å²) >= 11 is 0. The Morgan fingerprint density at radius 1 is 1.23 bits per heavy atom. The molecule has 0 saturated carbocycles. The van der Waals surface area contributed by atoms with Gasteiger partial charge in [-0.1, -0.05) is 30.3 Å². The van der Waals surface area contributed by atoms with Gasteiger partial charge in [0.25, 0.3) is 0 Å². The van der Waals surface area contributed by atoms with E-state index in [1.54, 1.807) is 14.1 Å². The first-order valence-electron chi connectivity index (χ1n) is 11.0. The highest BCUT2D eigenvalue weighted by Crippen LogP contribution is 2.43. The van der Waals surface area contributed by atoms with Crippen LogP contribution < -0.4 is 10.6 Å². The van der Waals surface area contributed by atoms with Crippen LogP contribution in [0.4, 0.5) is 0 Å². The van der Waals surface area contributed by atoms with Gasteiger partial charge in [0, 0.05) is 32.6 Å². The van der Waals surface area contributed by atoms with E-state index >= 15 is 0 Å². The third-order valence-corrected chi connectivity index (χ3v) is 8.62. The van der Waals surface area contributed by atoms with Crippen LogP contribution in [0.25, 0.3) is 0 Å². The highest BCUT2D eigenvalue weighted by Gasteiger charge is 2.35. The normalized spacial score (nSPS) is 24.3. The molecule has 1 fully saturated rings. The van der Waals surface area contributed by atoms with Gasteiger partial charge in [0.05, 0.1) is 10.9 Å². The van der Waals surface area contributed by atoms with Crippen LogP contribution in [0.15, 0.2) is 41.3 Å². The molecule has 0 radical (unpaired) electrons. The second-order valence-electron chi connectivity index (χ2n) is 9.09. The van der Waals surface area contributed by atoms with Crippen molar-refractivity contribution in [2.24, 2.45) is 11.8 Å². The maximum atomic E-state index is 13.1. The number of hydrazine groups is 1. The van der Waals surface area contributed by atoms with Crippen molar-refractivity contribution in [3.05, 3.63) is 58.7 Å². The number of ether oxygens (including phenoxy) is 1. The largest absolute Gasteiger partial charge is 0.490 e. The van der Waals surface area contributed by atoms with Crippen LogP contribution in [-0.4, -0.2) is 44.5 Å². The third-order valence-electron chi connectivity index (χ3n) is 6.68. The molecule has 3 atom stereocenters. The second-order valence-corrected chi connectivity index (χ2v) is 11.2. The lowest BCUT2D eigenvalue weighted by Crippen LogP contribution is -2.44. The first-order valence-corrected chi connectivity index (χ1v) is 12.4. The van der Waals surface area contributed by atoms with Gasteiger partial charge in [-0.15, -0.1) is 0 Å². The van der Waals surface area contributed by atoms with Crippen molar-refractivity contribution in [3.8, 4) is 5.75 Å². The second kappa shape index (κ2) is 8.54. The van der Waals surface area contributed by atoms with Crippen LogP contribution in [0.3, 0.4) is 0 Å². The summed E-state index contributed by atoms with van der Waals surface area (Å²) in [4.78, 5) is 0.389. The fourth-order valence-corrected chi connectivity index (χ4v) is 6.29. The zero-order valence-corrected chi connectivity index (χ0v) is 19.7. The predicted octanol–water partition coefficient (Wildman–Crippen LogP) is 3.44. The van der Waals surface area contributed by atoms with Crippen LogP contribution in [-0.2, 0) is 22.9 Å². The molecule has 2 N–H and O–H groups in total. The minimum atomic E-state index is -3.54. The van der Waals surface area contributed by atoms with E-state index in [4.69, 9.17) is 10.6 Å². The van der Waals surface area contributed by atoms with Gasteiger partial charge >= 0.3 is 0 Å². The van der Waals surface area contributed by atoms with Crippen LogP contribution >= 0.6 is 0 Å². The van der Waals surface area contributed by atoms with E-state index in [0.29, 0.717) is 4.90 Å². The Morgan fingerprint density at radius 3 is 2.61 bits per heavy atom. The van der Waals surface area contributed by atoms with E-state index in [1.807, 2.05) is 43.1 Å². The van der Waals surface area contributed by atoms with E-state index in [0.717, 1.165) is 54.7 Å². The van der Waals surface area contributed by atoms with Gasteiger partial charge < -0.3 is 4.74 Å². The number of sulfonamides is 1. The number of nitrogens with zero attached hydrogens (tertiary/aromatic N) is 2. The van der Waals surface area contributed by atoms with Crippen LogP contribution in [0.2, 0.25) is 0 Å².